The van der Waals surface area contributed by atoms with Crippen molar-refractivity contribution in [3.8, 4) is 11.5 Å². The largest absolute Gasteiger partial charge is 0.454 e. The Morgan fingerprint density at radius 2 is 2.08 bits per heavy atom. The second-order valence-corrected chi connectivity index (χ2v) is 6.69. The summed E-state index contributed by atoms with van der Waals surface area (Å²) < 4.78 is 16.5. The van der Waals surface area contributed by atoms with Crippen molar-refractivity contribution in [2.45, 2.75) is 31.8 Å². The van der Waals surface area contributed by atoms with Gasteiger partial charge in [0.15, 0.2) is 11.5 Å². The monoisotopic (exact) mass is 332 g/mol. The Morgan fingerprint density at radius 3 is 2.96 bits per heavy atom. The highest BCUT2D eigenvalue weighted by Crippen LogP contribution is 2.33. The molecule has 3 aliphatic rings. The van der Waals surface area contributed by atoms with Gasteiger partial charge in [-0.25, -0.2) is 0 Å². The molecule has 1 amide bonds. The number of rotatable bonds is 3. The van der Waals surface area contributed by atoms with Crippen molar-refractivity contribution >= 4 is 5.91 Å². The minimum absolute atomic E-state index is 0.0607. The van der Waals surface area contributed by atoms with Gasteiger partial charge in [0.05, 0.1) is 19.3 Å². The third-order valence-electron chi connectivity index (χ3n) is 5.15. The summed E-state index contributed by atoms with van der Waals surface area (Å²) in [6, 6.07) is 6.22. The van der Waals surface area contributed by atoms with Crippen LogP contribution in [-0.4, -0.2) is 67.4 Å². The van der Waals surface area contributed by atoms with E-state index in [9.17, 15) is 4.79 Å². The van der Waals surface area contributed by atoms with Gasteiger partial charge in [-0.15, -0.1) is 0 Å². The van der Waals surface area contributed by atoms with Crippen LogP contribution in [0.4, 0.5) is 0 Å². The molecule has 0 bridgehead atoms. The van der Waals surface area contributed by atoms with E-state index in [1.807, 2.05) is 17.0 Å². The van der Waals surface area contributed by atoms with E-state index in [4.69, 9.17) is 14.2 Å². The maximum atomic E-state index is 12.9. The molecule has 1 aromatic rings. The van der Waals surface area contributed by atoms with E-state index in [1.165, 1.54) is 0 Å². The van der Waals surface area contributed by atoms with Gasteiger partial charge in [-0.05, 0) is 24.6 Å². The van der Waals surface area contributed by atoms with Crippen molar-refractivity contribution in [3.05, 3.63) is 23.8 Å². The van der Waals surface area contributed by atoms with E-state index in [-0.39, 0.29) is 12.7 Å². The SMILES string of the molecule is CCC[C@H]1COC[C@H]2CN(C(=O)c3ccc4c(c3)OCO4)CCN12. The lowest BCUT2D eigenvalue weighted by Gasteiger charge is -2.48. The first-order chi connectivity index (χ1) is 11.8. The summed E-state index contributed by atoms with van der Waals surface area (Å²) in [6.07, 6.45) is 2.32. The molecule has 4 rings (SSSR count). The zero-order valence-corrected chi connectivity index (χ0v) is 14.1. The lowest BCUT2D eigenvalue weighted by Crippen LogP contribution is -2.62. The molecule has 0 unspecified atom stereocenters. The summed E-state index contributed by atoms with van der Waals surface area (Å²) in [4.78, 5) is 17.3. The molecule has 3 aliphatic heterocycles. The Labute approximate surface area is 142 Å². The second kappa shape index (κ2) is 6.61. The fourth-order valence-corrected chi connectivity index (χ4v) is 3.91. The average molecular weight is 332 g/mol. The van der Waals surface area contributed by atoms with E-state index in [1.54, 1.807) is 6.07 Å². The molecule has 24 heavy (non-hydrogen) atoms. The zero-order valence-electron chi connectivity index (χ0n) is 14.1. The number of fused-ring (bicyclic) bond motifs is 2. The predicted octanol–water partition coefficient (Wildman–Crippen LogP) is 1.74. The predicted molar refractivity (Wildman–Crippen MR) is 88.5 cm³/mol. The summed E-state index contributed by atoms with van der Waals surface area (Å²) in [5.41, 5.74) is 0.662. The molecule has 1 aromatic carbocycles. The lowest BCUT2D eigenvalue weighted by atomic mass is 10.0. The van der Waals surface area contributed by atoms with Crippen molar-refractivity contribution in [1.29, 1.82) is 0 Å². The summed E-state index contributed by atoms with van der Waals surface area (Å²) in [5, 5.41) is 0. The van der Waals surface area contributed by atoms with Gasteiger partial charge < -0.3 is 19.1 Å². The van der Waals surface area contributed by atoms with E-state index in [2.05, 4.69) is 11.8 Å². The van der Waals surface area contributed by atoms with Gasteiger partial charge in [0.2, 0.25) is 6.79 Å². The summed E-state index contributed by atoms with van der Waals surface area (Å²) in [5.74, 6) is 1.42. The first kappa shape index (κ1) is 15.7. The minimum atomic E-state index is 0.0607. The van der Waals surface area contributed by atoms with Crippen LogP contribution in [0.15, 0.2) is 18.2 Å². The molecule has 0 N–H and O–H groups in total. The third-order valence-corrected chi connectivity index (χ3v) is 5.15. The normalized spacial score (nSPS) is 26.3. The van der Waals surface area contributed by atoms with Crippen LogP contribution in [0.25, 0.3) is 0 Å². The number of hydrogen-bond donors (Lipinski definition) is 0. The van der Waals surface area contributed by atoms with Crippen LogP contribution < -0.4 is 9.47 Å². The Bertz CT molecular complexity index is 619. The molecular weight excluding hydrogens is 308 g/mol. The van der Waals surface area contributed by atoms with Gasteiger partial charge >= 0.3 is 0 Å². The molecule has 0 aliphatic carbocycles. The maximum absolute atomic E-state index is 12.9. The molecule has 3 heterocycles. The fourth-order valence-electron chi connectivity index (χ4n) is 3.91. The molecule has 0 radical (unpaired) electrons. The molecule has 2 atom stereocenters. The Morgan fingerprint density at radius 1 is 1.21 bits per heavy atom. The van der Waals surface area contributed by atoms with Crippen LogP contribution in [0, 0.1) is 0 Å². The number of carbonyl (C=O) groups is 1. The van der Waals surface area contributed by atoms with E-state index >= 15 is 0 Å². The van der Waals surface area contributed by atoms with Gasteiger partial charge in [0, 0.05) is 31.2 Å². The fraction of sp³-hybridized carbons (Fsp3) is 0.611. The number of amides is 1. The highest BCUT2D eigenvalue weighted by molar-refractivity contribution is 5.95. The molecular formula is C18H24N2O4. The summed E-state index contributed by atoms with van der Waals surface area (Å²) >= 11 is 0. The molecule has 6 nitrogen and oxygen atoms in total. The standard InChI is InChI=1S/C18H24N2O4/c1-2-3-14-10-22-11-15-9-19(6-7-20(14)15)18(21)13-4-5-16-17(8-13)24-12-23-16/h4-5,8,14-15H,2-3,6-7,9-12H2,1H3/t14-,15+/m0/s1. The number of carbonyl (C=O) groups excluding carboxylic acids is 1. The number of piperazine rings is 1. The summed E-state index contributed by atoms with van der Waals surface area (Å²) in [7, 11) is 0. The average Bonchev–Trinajstić information content (AvgIpc) is 3.09. The van der Waals surface area contributed by atoms with Crippen LogP contribution in [0.1, 0.15) is 30.1 Å². The van der Waals surface area contributed by atoms with Crippen molar-refractivity contribution in [2.75, 3.05) is 39.6 Å². The quantitative estimate of drug-likeness (QED) is 0.844. The van der Waals surface area contributed by atoms with E-state index in [0.717, 1.165) is 39.1 Å². The number of nitrogens with zero attached hydrogens (tertiary/aromatic N) is 2. The van der Waals surface area contributed by atoms with Crippen molar-refractivity contribution in [2.24, 2.45) is 0 Å². The highest BCUT2D eigenvalue weighted by Gasteiger charge is 2.36. The first-order valence-corrected chi connectivity index (χ1v) is 8.78. The second-order valence-electron chi connectivity index (χ2n) is 6.69. The van der Waals surface area contributed by atoms with Crippen LogP contribution >= 0.6 is 0 Å². The molecule has 0 aromatic heterocycles. The molecule has 0 saturated carbocycles. The minimum Gasteiger partial charge on any atom is -0.454 e. The van der Waals surface area contributed by atoms with Crippen molar-refractivity contribution in [3.63, 3.8) is 0 Å². The first-order valence-electron chi connectivity index (χ1n) is 8.78. The highest BCUT2D eigenvalue weighted by atomic mass is 16.7. The molecule has 2 saturated heterocycles. The zero-order chi connectivity index (χ0) is 16.5. The Hall–Kier alpha value is -1.79. The summed E-state index contributed by atoms with van der Waals surface area (Å²) in [6.45, 7) is 6.39. The van der Waals surface area contributed by atoms with Gasteiger partial charge in [0.1, 0.15) is 0 Å². The van der Waals surface area contributed by atoms with Gasteiger partial charge in [0.25, 0.3) is 5.91 Å². The Balaban J connectivity index is 1.45. The topological polar surface area (TPSA) is 51.2 Å². The van der Waals surface area contributed by atoms with Crippen LogP contribution in [0.3, 0.4) is 0 Å². The molecule has 2 fully saturated rings. The smallest absolute Gasteiger partial charge is 0.254 e. The molecule has 130 valence electrons. The third kappa shape index (κ3) is 2.84. The van der Waals surface area contributed by atoms with Gasteiger partial charge in [-0.3, -0.25) is 9.69 Å². The maximum Gasteiger partial charge on any atom is 0.254 e. The van der Waals surface area contributed by atoms with Crippen LogP contribution in [0.5, 0.6) is 11.5 Å². The van der Waals surface area contributed by atoms with Crippen molar-refractivity contribution in [1.82, 2.24) is 9.80 Å². The molecule has 6 heteroatoms. The van der Waals surface area contributed by atoms with Crippen LogP contribution in [0.2, 0.25) is 0 Å². The lowest BCUT2D eigenvalue weighted by molar-refractivity contribution is -0.0776. The van der Waals surface area contributed by atoms with E-state index in [0.29, 0.717) is 35.8 Å². The van der Waals surface area contributed by atoms with Gasteiger partial charge in [-0.1, -0.05) is 13.3 Å². The Kier molecular flexibility index (Phi) is 4.33. The van der Waals surface area contributed by atoms with Crippen LogP contribution in [-0.2, 0) is 4.74 Å². The molecule has 0 spiro atoms. The van der Waals surface area contributed by atoms with E-state index < -0.39 is 0 Å². The van der Waals surface area contributed by atoms with Gasteiger partial charge in [-0.2, -0.15) is 0 Å². The number of benzene rings is 1. The number of ether oxygens (including phenoxy) is 3. The number of hydrogen-bond acceptors (Lipinski definition) is 5. The van der Waals surface area contributed by atoms with Crippen molar-refractivity contribution < 1.29 is 19.0 Å². The number of morpholine rings is 1.